The molecule has 2 aromatic carbocycles. The standard InChI is InChI=1S/C27H24F2N6O4/c1-5-34(18-6-7-19-20(11-18)39-27(28,29)38-19)21(36)13-35-25(37)24-23(31-14-32-24)22(33-35)16-8-15(12-30)9-17(10-16)26(2,3)4/h6-11,14H,5,13H2,1-4H3,(H,31,32). The van der Waals surface area contributed by atoms with Crippen molar-refractivity contribution in [1.29, 1.82) is 5.26 Å². The van der Waals surface area contributed by atoms with Gasteiger partial charge in [0.25, 0.3) is 5.56 Å². The predicted octanol–water partition coefficient (Wildman–Crippen LogP) is 4.33. The summed E-state index contributed by atoms with van der Waals surface area (Å²) >= 11 is 0. The Hall–Kier alpha value is -4.79. The van der Waals surface area contributed by atoms with Crippen LogP contribution in [0.2, 0.25) is 0 Å². The molecule has 0 saturated carbocycles. The molecular formula is C27H24F2N6O4. The van der Waals surface area contributed by atoms with Crippen LogP contribution in [0.15, 0.2) is 47.5 Å². The maximum absolute atomic E-state index is 13.5. The number of hydrogen-bond donors (Lipinski definition) is 1. The van der Waals surface area contributed by atoms with Gasteiger partial charge in [0.1, 0.15) is 12.2 Å². The topological polar surface area (TPSA) is 126 Å². The largest absolute Gasteiger partial charge is 0.586 e. The highest BCUT2D eigenvalue weighted by Crippen LogP contribution is 2.43. The van der Waals surface area contributed by atoms with Crippen molar-refractivity contribution in [3.63, 3.8) is 0 Å². The number of aromatic nitrogens is 4. The number of ether oxygens (including phenoxy) is 2. The van der Waals surface area contributed by atoms with Gasteiger partial charge in [0.15, 0.2) is 17.0 Å². The SMILES string of the molecule is CCN(C(=O)Cn1nc(-c2cc(C#N)cc(C(C)(C)C)c2)c2[nH]cnc2c1=O)c1ccc2c(c1)OC(F)(F)O2. The van der Waals surface area contributed by atoms with Crippen LogP contribution in [0.5, 0.6) is 11.5 Å². The average Bonchev–Trinajstić information content (AvgIpc) is 3.48. The lowest BCUT2D eigenvalue weighted by Crippen LogP contribution is -2.37. The molecule has 2 aromatic heterocycles. The van der Waals surface area contributed by atoms with Crippen LogP contribution >= 0.6 is 0 Å². The van der Waals surface area contributed by atoms with E-state index in [1.54, 1.807) is 19.1 Å². The molecule has 39 heavy (non-hydrogen) atoms. The Labute approximate surface area is 221 Å². The molecule has 4 aromatic rings. The van der Waals surface area contributed by atoms with Crippen LogP contribution in [-0.4, -0.2) is 38.5 Å². The van der Waals surface area contributed by atoms with Gasteiger partial charge in [-0.15, -0.1) is 8.78 Å². The predicted molar refractivity (Wildman–Crippen MR) is 138 cm³/mol. The van der Waals surface area contributed by atoms with Crippen molar-refractivity contribution in [2.75, 3.05) is 11.4 Å². The van der Waals surface area contributed by atoms with E-state index in [4.69, 9.17) is 0 Å². The minimum Gasteiger partial charge on any atom is -0.395 e. The molecule has 0 fully saturated rings. The summed E-state index contributed by atoms with van der Waals surface area (Å²) < 4.78 is 36.9. The molecule has 0 bridgehead atoms. The number of benzene rings is 2. The van der Waals surface area contributed by atoms with E-state index < -0.39 is 24.3 Å². The lowest BCUT2D eigenvalue weighted by atomic mass is 9.84. The van der Waals surface area contributed by atoms with E-state index in [9.17, 15) is 23.6 Å². The monoisotopic (exact) mass is 534 g/mol. The second-order valence-corrected chi connectivity index (χ2v) is 10.0. The Balaban J connectivity index is 1.55. The number of aromatic amines is 1. The van der Waals surface area contributed by atoms with E-state index in [0.29, 0.717) is 22.3 Å². The number of nitrogens with zero attached hydrogens (tertiary/aromatic N) is 5. The van der Waals surface area contributed by atoms with Crippen molar-refractivity contribution in [1.82, 2.24) is 19.7 Å². The first-order valence-electron chi connectivity index (χ1n) is 12.1. The highest BCUT2D eigenvalue weighted by Gasteiger charge is 2.43. The van der Waals surface area contributed by atoms with Gasteiger partial charge in [-0.25, -0.2) is 9.67 Å². The zero-order valence-electron chi connectivity index (χ0n) is 21.6. The van der Waals surface area contributed by atoms with E-state index in [1.807, 2.05) is 26.8 Å². The number of anilines is 1. The molecule has 12 heteroatoms. The maximum atomic E-state index is 13.5. The van der Waals surface area contributed by atoms with Crippen LogP contribution in [0.3, 0.4) is 0 Å². The van der Waals surface area contributed by atoms with Gasteiger partial charge < -0.3 is 19.4 Å². The summed E-state index contributed by atoms with van der Waals surface area (Å²) in [4.78, 5) is 35.0. The number of nitriles is 1. The van der Waals surface area contributed by atoms with Gasteiger partial charge in [-0.05, 0) is 48.2 Å². The molecule has 1 aliphatic heterocycles. The summed E-state index contributed by atoms with van der Waals surface area (Å²) in [5.74, 6) is -0.862. The van der Waals surface area contributed by atoms with Crippen LogP contribution < -0.4 is 19.9 Å². The van der Waals surface area contributed by atoms with Crippen molar-refractivity contribution in [2.24, 2.45) is 0 Å². The average molecular weight is 535 g/mol. The van der Waals surface area contributed by atoms with E-state index in [0.717, 1.165) is 10.2 Å². The molecule has 0 unspecified atom stereocenters. The first kappa shape index (κ1) is 25.8. The van der Waals surface area contributed by atoms with Crippen LogP contribution in [0.25, 0.3) is 22.3 Å². The fourth-order valence-corrected chi connectivity index (χ4v) is 4.37. The van der Waals surface area contributed by atoms with Gasteiger partial charge in [0, 0.05) is 23.9 Å². The summed E-state index contributed by atoms with van der Waals surface area (Å²) in [7, 11) is 0. The third-order valence-electron chi connectivity index (χ3n) is 6.33. The summed E-state index contributed by atoms with van der Waals surface area (Å²) in [5.41, 5.74) is 2.14. The normalized spacial score (nSPS) is 13.9. The molecule has 1 amide bonds. The third-order valence-corrected chi connectivity index (χ3v) is 6.33. The van der Waals surface area contributed by atoms with Gasteiger partial charge in [0.05, 0.1) is 23.5 Å². The molecule has 200 valence electrons. The second-order valence-electron chi connectivity index (χ2n) is 10.0. The van der Waals surface area contributed by atoms with Crippen LogP contribution in [0.1, 0.15) is 38.8 Å². The number of halogens is 2. The molecule has 0 aliphatic carbocycles. The molecule has 5 rings (SSSR count). The van der Waals surface area contributed by atoms with Crippen molar-refractivity contribution >= 4 is 22.6 Å². The van der Waals surface area contributed by atoms with Crippen LogP contribution in [-0.2, 0) is 16.8 Å². The van der Waals surface area contributed by atoms with Crippen molar-refractivity contribution in [3.05, 3.63) is 64.2 Å². The Morgan fingerprint density at radius 2 is 1.92 bits per heavy atom. The first-order valence-corrected chi connectivity index (χ1v) is 12.1. The zero-order valence-corrected chi connectivity index (χ0v) is 21.6. The quantitative estimate of drug-likeness (QED) is 0.404. The van der Waals surface area contributed by atoms with Crippen molar-refractivity contribution in [3.8, 4) is 28.8 Å². The Morgan fingerprint density at radius 3 is 2.62 bits per heavy atom. The number of likely N-dealkylation sites (N-methyl/N-ethyl adjacent to an activating group) is 1. The lowest BCUT2D eigenvalue weighted by molar-refractivity contribution is -0.286. The van der Waals surface area contributed by atoms with Crippen molar-refractivity contribution < 1.29 is 23.0 Å². The van der Waals surface area contributed by atoms with Gasteiger partial charge in [-0.3, -0.25) is 9.59 Å². The highest BCUT2D eigenvalue weighted by molar-refractivity contribution is 5.94. The lowest BCUT2D eigenvalue weighted by Gasteiger charge is -2.22. The summed E-state index contributed by atoms with van der Waals surface area (Å²) in [6.45, 7) is 7.49. The molecule has 0 spiro atoms. The van der Waals surface area contributed by atoms with Gasteiger partial charge in [-0.2, -0.15) is 10.4 Å². The number of carbonyl (C=O) groups excluding carboxylic acids is 1. The minimum absolute atomic E-state index is 0.0841. The van der Waals surface area contributed by atoms with E-state index in [1.165, 1.54) is 29.4 Å². The number of carbonyl (C=O) groups is 1. The van der Waals surface area contributed by atoms with Crippen LogP contribution in [0.4, 0.5) is 14.5 Å². The Kier molecular flexibility index (Phi) is 6.09. The number of imidazole rings is 1. The van der Waals surface area contributed by atoms with Crippen LogP contribution in [0, 0.1) is 11.3 Å². The van der Waals surface area contributed by atoms with E-state index >= 15 is 0 Å². The second kappa shape index (κ2) is 9.20. The summed E-state index contributed by atoms with van der Waals surface area (Å²) in [6.07, 6.45) is -2.42. The number of rotatable bonds is 5. The fraction of sp³-hybridized carbons (Fsp3) is 0.296. The molecule has 10 nitrogen and oxygen atoms in total. The molecule has 0 atom stereocenters. The number of alkyl halides is 2. The fourth-order valence-electron chi connectivity index (χ4n) is 4.37. The third kappa shape index (κ3) is 4.79. The van der Waals surface area contributed by atoms with Gasteiger partial charge in [0.2, 0.25) is 5.91 Å². The number of hydrogen-bond acceptors (Lipinski definition) is 7. The number of amides is 1. The van der Waals surface area contributed by atoms with Gasteiger partial charge >= 0.3 is 6.29 Å². The Bertz CT molecular complexity index is 1710. The van der Waals surface area contributed by atoms with Crippen molar-refractivity contribution in [2.45, 2.75) is 45.9 Å². The summed E-state index contributed by atoms with van der Waals surface area (Å²) in [5, 5.41) is 14.1. The molecule has 0 saturated heterocycles. The minimum atomic E-state index is -3.79. The number of fused-ring (bicyclic) bond motifs is 2. The smallest absolute Gasteiger partial charge is 0.395 e. The zero-order chi connectivity index (χ0) is 28.1. The molecule has 1 aliphatic rings. The summed E-state index contributed by atoms with van der Waals surface area (Å²) in [6, 6.07) is 11.5. The van der Waals surface area contributed by atoms with Gasteiger partial charge in [-0.1, -0.05) is 20.8 Å². The molecule has 3 heterocycles. The highest BCUT2D eigenvalue weighted by atomic mass is 19.3. The van der Waals surface area contributed by atoms with E-state index in [-0.39, 0.29) is 34.7 Å². The molecular weight excluding hydrogens is 510 g/mol. The van der Waals surface area contributed by atoms with E-state index in [2.05, 4.69) is 30.6 Å². The maximum Gasteiger partial charge on any atom is 0.586 e. The molecule has 0 radical (unpaired) electrons. The first-order chi connectivity index (χ1) is 18.4. The number of nitrogens with one attached hydrogen (secondary N) is 1. The Morgan fingerprint density at radius 1 is 1.18 bits per heavy atom. The number of H-pyrrole nitrogens is 1. The molecule has 1 N–H and O–H groups in total.